The zero-order chi connectivity index (χ0) is 11.4. The second-order valence-electron chi connectivity index (χ2n) is 4.36. The molecule has 90 valence electrons. The minimum absolute atomic E-state index is 0.405. The average Bonchev–Trinajstić information content (AvgIpc) is 2.60. The van der Waals surface area contributed by atoms with Crippen LogP contribution in [0.5, 0.6) is 0 Å². The molecule has 0 spiro atoms. The van der Waals surface area contributed by atoms with Crippen molar-refractivity contribution in [1.82, 2.24) is 15.0 Å². The molecule has 1 aromatic rings. The summed E-state index contributed by atoms with van der Waals surface area (Å²) in [6.07, 6.45) is 5.33. The predicted molar refractivity (Wildman–Crippen MR) is 62.3 cm³/mol. The smallest absolute Gasteiger partial charge is 0.103 e. The highest BCUT2D eigenvalue weighted by Crippen LogP contribution is 2.29. The van der Waals surface area contributed by atoms with Crippen molar-refractivity contribution in [2.45, 2.75) is 44.7 Å². The van der Waals surface area contributed by atoms with Crippen LogP contribution in [-0.4, -0.2) is 22.1 Å². The van der Waals surface area contributed by atoms with Gasteiger partial charge in [-0.25, -0.2) is 4.68 Å². The summed E-state index contributed by atoms with van der Waals surface area (Å²) in [6, 6.07) is 0. The maximum Gasteiger partial charge on any atom is 0.103 e. The highest BCUT2D eigenvalue weighted by atomic mass is 35.5. The van der Waals surface area contributed by atoms with Crippen LogP contribution in [0.25, 0.3) is 0 Å². The number of rotatable bonds is 6. The summed E-state index contributed by atoms with van der Waals surface area (Å²) in [6.45, 7) is 1.48. The SMILES string of the molecule is COCc1c(CCl)nnn1CCC1CCC1. The first-order valence-corrected chi connectivity index (χ1v) is 6.34. The van der Waals surface area contributed by atoms with Gasteiger partial charge in [0, 0.05) is 13.7 Å². The second kappa shape index (κ2) is 5.64. The molecule has 0 saturated heterocycles. The molecule has 1 saturated carbocycles. The van der Waals surface area contributed by atoms with E-state index in [1.54, 1.807) is 7.11 Å². The number of aromatic nitrogens is 3. The molecule has 0 unspecified atom stereocenters. The largest absolute Gasteiger partial charge is 0.378 e. The number of methoxy groups -OCH3 is 1. The fraction of sp³-hybridized carbons (Fsp3) is 0.818. The highest BCUT2D eigenvalue weighted by molar-refractivity contribution is 6.16. The molecule has 1 fully saturated rings. The van der Waals surface area contributed by atoms with Crippen molar-refractivity contribution in [2.75, 3.05) is 7.11 Å². The minimum atomic E-state index is 0.405. The minimum Gasteiger partial charge on any atom is -0.378 e. The molecular formula is C11H18ClN3O. The van der Waals surface area contributed by atoms with E-state index in [0.29, 0.717) is 12.5 Å². The lowest BCUT2D eigenvalue weighted by Crippen LogP contribution is -2.16. The third-order valence-electron chi connectivity index (χ3n) is 3.30. The van der Waals surface area contributed by atoms with Crippen molar-refractivity contribution in [1.29, 1.82) is 0 Å². The summed E-state index contributed by atoms with van der Waals surface area (Å²) in [5.41, 5.74) is 1.87. The van der Waals surface area contributed by atoms with Gasteiger partial charge in [-0.05, 0) is 12.3 Å². The highest BCUT2D eigenvalue weighted by Gasteiger charge is 2.18. The quantitative estimate of drug-likeness (QED) is 0.720. The van der Waals surface area contributed by atoms with Crippen LogP contribution in [0.4, 0.5) is 0 Å². The van der Waals surface area contributed by atoms with Crippen LogP contribution in [0.2, 0.25) is 0 Å². The second-order valence-corrected chi connectivity index (χ2v) is 4.63. The van der Waals surface area contributed by atoms with Gasteiger partial charge in [0.25, 0.3) is 0 Å². The van der Waals surface area contributed by atoms with E-state index >= 15 is 0 Å². The van der Waals surface area contributed by atoms with Gasteiger partial charge in [-0.2, -0.15) is 0 Å². The molecule has 0 atom stereocenters. The van der Waals surface area contributed by atoms with Gasteiger partial charge in [0.05, 0.1) is 18.2 Å². The van der Waals surface area contributed by atoms with E-state index < -0.39 is 0 Å². The fourth-order valence-electron chi connectivity index (χ4n) is 2.03. The fourth-order valence-corrected chi connectivity index (χ4v) is 2.24. The number of hydrogen-bond donors (Lipinski definition) is 0. The van der Waals surface area contributed by atoms with Gasteiger partial charge in [0.1, 0.15) is 5.69 Å². The van der Waals surface area contributed by atoms with E-state index in [4.69, 9.17) is 16.3 Å². The van der Waals surface area contributed by atoms with Crippen LogP contribution in [0.15, 0.2) is 0 Å². The van der Waals surface area contributed by atoms with Gasteiger partial charge in [-0.15, -0.1) is 16.7 Å². The normalized spacial score (nSPS) is 16.4. The van der Waals surface area contributed by atoms with Crippen molar-refractivity contribution in [3.8, 4) is 0 Å². The van der Waals surface area contributed by atoms with Crippen LogP contribution in [0, 0.1) is 5.92 Å². The maximum absolute atomic E-state index is 5.81. The number of alkyl halides is 1. The average molecular weight is 244 g/mol. The lowest BCUT2D eigenvalue weighted by molar-refractivity contribution is 0.174. The van der Waals surface area contributed by atoms with Crippen LogP contribution in [0.1, 0.15) is 37.1 Å². The van der Waals surface area contributed by atoms with Crippen LogP contribution in [0.3, 0.4) is 0 Å². The van der Waals surface area contributed by atoms with E-state index in [1.165, 1.54) is 25.7 Å². The summed E-state index contributed by atoms with van der Waals surface area (Å²) in [4.78, 5) is 0. The van der Waals surface area contributed by atoms with E-state index in [0.717, 1.165) is 23.9 Å². The first-order chi connectivity index (χ1) is 7.85. The van der Waals surface area contributed by atoms with Crippen molar-refractivity contribution in [3.63, 3.8) is 0 Å². The molecule has 0 N–H and O–H groups in total. The topological polar surface area (TPSA) is 39.9 Å². The Morgan fingerprint density at radius 2 is 2.31 bits per heavy atom. The lowest BCUT2D eigenvalue weighted by atomic mass is 9.83. The Morgan fingerprint density at radius 3 is 2.88 bits per heavy atom. The molecule has 1 heterocycles. The maximum atomic E-state index is 5.81. The molecule has 0 amide bonds. The Labute approximate surface area is 101 Å². The molecule has 0 aliphatic heterocycles. The Balaban J connectivity index is 1.97. The third kappa shape index (κ3) is 2.55. The standard InChI is InChI=1S/C11H18ClN3O/c1-16-8-11-10(7-12)13-14-15(11)6-5-9-3-2-4-9/h9H,2-8H2,1H3. The number of aryl methyl sites for hydroxylation is 1. The summed E-state index contributed by atoms with van der Waals surface area (Å²) in [7, 11) is 1.68. The number of hydrogen-bond acceptors (Lipinski definition) is 3. The Kier molecular flexibility index (Phi) is 4.18. The number of nitrogens with zero attached hydrogens (tertiary/aromatic N) is 3. The van der Waals surface area contributed by atoms with Gasteiger partial charge in [-0.1, -0.05) is 24.5 Å². The molecule has 2 rings (SSSR count). The molecule has 0 bridgehead atoms. The summed E-state index contributed by atoms with van der Waals surface area (Å²) in [5, 5.41) is 8.21. The van der Waals surface area contributed by atoms with Crippen molar-refractivity contribution < 1.29 is 4.74 Å². The molecule has 16 heavy (non-hydrogen) atoms. The molecule has 0 aromatic carbocycles. The van der Waals surface area contributed by atoms with E-state index in [9.17, 15) is 0 Å². The molecule has 1 aliphatic carbocycles. The third-order valence-corrected chi connectivity index (χ3v) is 3.55. The predicted octanol–water partition coefficient (Wildman–Crippen LogP) is 2.35. The first kappa shape index (κ1) is 11.9. The Morgan fingerprint density at radius 1 is 1.50 bits per heavy atom. The monoisotopic (exact) mass is 243 g/mol. The van der Waals surface area contributed by atoms with Gasteiger partial charge in [0.2, 0.25) is 0 Å². The van der Waals surface area contributed by atoms with E-state index in [-0.39, 0.29) is 0 Å². The first-order valence-electron chi connectivity index (χ1n) is 5.81. The van der Waals surface area contributed by atoms with Crippen molar-refractivity contribution >= 4 is 11.6 Å². The summed E-state index contributed by atoms with van der Waals surface area (Å²) >= 11 is 5.81. The van der Waals surface area contributed by atoms with Gasteiger partial charge in [-0.3, -0.25) is 0 Å². The summed E-state index contributed by atoms with van der Waals surface area (Å²) < 4.78 is 7.10. The van der Waals surface area contributed by atoms with Crippen molar-refractivity contribution in [2.24, 2.45) is 5.92 Å². The van der Waals surface area contributed by atoms with Gasteiger partial charge in [0.15, 0.2) is 0 Å². The molecule has 0 radical (unpaired) electrons. The van der Waals surface area contributed by atoms with Crippen LogP contribution >= 0.6 is 11.6 Å². The van der Waals surface area contributed by atoms with Gasteiger partial charge >= 0.3 is 0 Å². The number of ether oxygens (including phenoxy) is 1. The molecule has 5 heteroatoms. The molecule has 4 nitrogen and oxygen atoms in total. The Bertz CT molecular complexity index is 336. The van der Waals surface area contributed by atoms with E-state index in [1.807, 2.05) is 4.68 Å². The molecule has 1 aliphatic rings. The van der Waals surface area contributed by atoms with Crippen LogP contribution in [-0.2, 0) is 23.8 Å². The Hall–Kier alpha value is -0.610. The molecular weight excluding hydrogens is 226 g/mol. The van der Waals surface area contributed by atoms with Gasteiger partial charge < -0.3 is 4.74 Å². The summed E-state index contributed by atoms with van der Waals surface area (Å²) in [5.74, 6) is 1.29. The van der Waals surface area contributed by atoms with Crippen LogP contribution < -0.4 is 0 Å². The lowest BCUT2D eigenvalue weighted by Gasteiger charge is -2.25. The zero-order valence-corrected chi connectivity index (χ0v) is 10.4. The zero-order valence-electron chi connectivity index (χ0n) is 9.65. The van der Waals surface area contributed by atoms with Crippen molar-refractivity contribution in [3.05, 3.63) is 11.4 Å². The van der Waals surface area contributed by atoms with E-state index in [2.05, 4.69) is 10.3 Å². The number of halogens is 1. The molecule has 1 aromatic heterocycles.